The Morgan fingerprint density at radius 2 is 1.29 bits per heavy atom. The molecule has 2 saturated heterocycles. The van der Waals surface area contributed by atoms with E-state index >= 15 is 0 Å². The maximum atomic E-state index is 10.6. The van der Waals surface area contributed by atoms with Crippen LogP contribution in [0.15, 0.2) is 24.5 Å². The summed E-state index contributed by atoms with van der Waals surface area (Å²) in [7, 11) is 1.82. The Morgan fingerprint density at radius 1 is 0.902 bits per heavy atom. The molecular formula is C22H28F9N3O7. The topological polar surface area (TPSA) is 149 Å². The molecule has 2 aliphatic rings. The number of aliphatic carboxylic acids is 3. The van der Waals surface area contributed by atoms with Crippen molar-refractivity contribution in [3.8, 4) is 0 Å². The molecule has 41 heavy (non-hydrogen) atoms. The Bertz CT molecular complexity index is 896. The maximum Gasteiger partial charge on any atom is 0.490 e. The van der Waals surface area contributed by atoms with E-state index in [1.807, 2.05) is 19.5 Å². The normalized spacial score (nSPS) is 18.5. The number of nitrogens with zero attached hydrogens (tertiary/aromatic N) is 2. The molecule has 10 nitrogen and oxygen atoms in total. The van der Waals surface area contributed by atoms with Crippen LogP contribution in [0.1, 0.15) is 24.8 Å². The van der Waals surface area contributed by atoms with Gasteiger partial charge in [-0.3, -0.25) is 9.88 Å². The monoisotopic (exact) mass is 617 g/mol. The number of hydrogen-bond donors (Lipinski definition) is 4. The summed E-state index contributed by atoms with van der Waals surface area (Å²) in [4.78, 5) is 33.4. The van der Waals surface area contributed by atoms with Gasteiger partial charge in [0.25, 0.3) is 0 Å². The number of likely N-dealkylation sites (tertiary alicyclic amines) is 1. The average molecular weight is 617 g/mol. The molecule has 0 radical (unpaired) electrons. The van der Waals surface area contributed by atoms with Crippen LogP contribution in [0.4, 0.5) is 39.5 Å². The molecule has 1 aromatic rings. The lowest BCUT2D eigenvalue weighted by Crippen LogP contribution is -2.38. The van der Waals surface area contributed by atoms with Crippen LogP contribution in [0.3, 0.4) is 0 Å². The number of piperidine rings is 1. The van der Waals surface area contributed by atoms with Crippen LogP contribution in [0.25, 0.3) is 0 Å². The number of rotatable bonds is 4. The third-order valence-electron chi connectivity index (χ3n) is 5.61. The summed E-state index contributed by atoms with van der Waals surface area (Å²) in [6.07, 6.45) is -7.58. The number of carboxylic acids is 3. The third-order valence-corrected chi connectivity index (χ3v) is 5.61. The van der Waals surface area contributed by atoms with E-state index in [2.05, 4.69) is 27.3 Å². The lowest BCUT2D eigenvalue weighted by Gasteiger charge is -2.33. The number of ether oxygens (including phenoxy) is 1. The highest BCUT2D eigenvalue weighted by Gasteiger charge is 2.44. The van der Waals surface area contributed by atoms with Crippen LogP contribution in [0.5, 0.6) is 0 Å². The van der Waals surface area contributed by atoms with Crippen LogP contribution in [0.2, 0.25) is 0 Å². The molecule has 3 heterocycles. The molecule has 2 fully saturated rings. The Labute approximate surface area is 227 Å². The van der Waals surface area contributed by atoms with Crippen molar-refractivity contribution < 1.29 is 74.0 Å². The van der Waals surface area contributed by atoms with Crippen molar-refractivity contribution in [1.29, 1.82) is 0 Å². The fraction of sp³-hybridized carbons (Fsp3) is 0.636. The van der Waals surface area contributed by atoms with E-state index < -0.39 is 36.4 Å². The first-order valence-corrected chi connectivity index (χ1v) is 11.4. The SMILES string of the molecule is COCC1CC2(CCNCC2)CN1Cc1ccncc1.O=C(O)C(F)(F)F.O=C(O)C(F)(F)F.O=C(O)C(F)(F)F. The van der Waals surface area contributed by atoms with Gasteiger partial charge in [-0.15, -0.1) is 0 Å². The van der Waals surface area contributed by atoms with Crippen LogP contribution in [0, 0.1) is 5.41 Å². The van der Waals surface area contributed by atoms with Crippen LogP contribution >= 0.6 is 0 Å². The number of halogens is 9. The van der Waals surface area contributed by atoms with Gasteiger partial charge in [-0.1, -0.05) is 0 Å². The van der Waals surface area contributed by atoms with Gasteiger partial charge in [0.2, 0.25) is 0 Å². The highest BCUT2D eigenvalue weighted by atomic mass is 19.4. The summed E-state index contributed by atoms with van der Waals surface area (Å²) in [6, 6.07) is 4.81. The number of hydrogen-bond acceptors (Lipinski definition) is 7. The number of carbonyl (C=O) groups is 3. The largest absolute Gasteiger partial charge is 0.490 e. The number of nitrogens with one attached hydrogen (secondary N) is 1. The van der Waals surface area contributed by atoms with Gasteiger partial charge in [0.15, 0.2) is 0 Å². The Hall–Kier alpha value is -3.19. The lowest BCUT2D eigenvalue weighted by molar-refractivity contribution is -0.193. The summed E-state index contributed by atoms with van der Waals surface area (Å²) in [5, 5.41) is 24.9. The maximum absolute atomic E-state index is 10.6. The van der Waals surface area contributed by atoms with Gasteiger partial charge in [-0.2, -0.15) is 39.5 Å². The summed E-state index contributed by atoms with van der Waals surface area (Å²) in [5.41, 5.74) is 1.87. The van der Waals surface area contributed by atoms with E-state index in [4.69, 9.17) is 34.4 Å². The first-order chi connectivity index (χ1) is 18.6. The quantitative estimate of drug-likeness (QED) is 0.370. The fourth-order valence-corrected chi connectivity index (χ4v) is 3.84. The summed E-state index contributed by atoms with van der Waals surface area (Å²) >= 11 is 0. The zero-order valence-electron chi connectivity index (χ0n) is 21.3. The van der Waals surface area contributed by atoms with E-state index in [1.54, 1.807) is 0 Å². The molecule has 236 valence electrons. The van der Waals surface area contributed by atoms with Gasteiger partial charge in [0.05, 0.1) is 6.61 Å². The molecule has 0 amide bonds. The zero-order chi connectivity index (χ0) is 32.1. The van der Waals surface area contributed by atoms with Gasteiger partial charge >= 0.3 is 36.4 Å². The van der Waals surface area contributed by atoms with Crippen molar-refractivity contribution in [2.75, 3.05) is 33.4 Å². The van der Waals surface area contributed by atoms with E-state index in [1.165, 1.54) is 44.5 Å². The number of aromatic nitrogens is 1. The molecule has 19 heteroatoms. The third kappa shape index (κ3) is 15.4. The standard InChI is InChI=1S/C16H25N3O.3C2HF3O2/c1-20-12-15-10-16(4-8-18-9-5-16)13-19(15)11-14-2-6-17-7-3-14;3*3-2(4,5)1(6)7/h2-3,6-7,15,18H,4-5,8-13H2,1H3;3*(H,6,7). The average Bonchev–Trinajstić information content (AvgIpc) is 3.15. The molecule has 3 rings (SSSR count). The van der Waals surface area contributed by atoms with Gasteiger partial charge in [-0.25, -0.2) is 14.4 Å². The minimum absolute atomic E-state index is 0.515. The van der Waals surface area contributed by atoms with Crippen molar-refractivity contribution >= 4 is 17.9 Å². The smallest absolute Gasteiger partial charge is 0.475 e. The Kier molecular flexibility index (Phi) is 15.0. The second kappa shape index (κ2) is 16.3. The number of methoxy groups -OCH3 is 1. The number of carboxylic acid groups (broad SMARTS) is 3. The van der Waals surface area contributed by atoms with Crippen molar-refractivity contribution in [3.63, 3.8) is 0 Å². The van der Waals surface area contributed by atoms with Crippen molar-refractivity contribution in [2.24, 2.45) is 5.41 Å². The molecule has 2 aliphatic heterocycles. The summed E-state index contributed by atoms with van der Waals surface area (Å²) in [5.74, 6) is -8.27. The summed E-state index contributed by atoms with van der Waals surface area (Å²) < 4.78 is 101. The van der Waals surface area contributed by atoms with E-state index in [0.29, 0.717) is 11.5 Å². The number of alkyl halides is 9. The first-order valence-electron chi connectivity index (χ1n) is 11.4. The molecule has 1 spiro atoms. The first kappa shape index (κ1) is 37.8. The molecule has 0 bridgehead atoms. The minimum atomic E-state index is -5.08. The van der Waals surface area contributed by atoms with Crippen LogP contribution in [-0.2, 0) is 25.7 Å². The molecule has 1 unspecified atom stereocenters. The van der Waals surface area contributed by atoms with Gasteiger partial charge in [0.1, 0.15) is 0 Å². The number of pyridine rings is 1. The van der Waals surface area contributed by atoms with E-state index in [0.717, 1.165) is 13.2 Å². The van der Waals surface area contributed by atoms with Crippen molar-refractivity contribution in [2.45, 2.75) is 50.4 Å². The summed E-state index contributed by atoms with van der Waals surface area (Å²) in [6.45, 7) is 5.42. The Balaban J connectivity index is 0.000000631. The molecule has 0 aromatic carbocycles. The van der Waals surface area contributed by atoms with E-state index in [9.17, 15) is 39.5 Å². The predicted molar refractivity (Wildman–Crippen MR) is 121 cm³/mol. The second-order valence-electron chi connectivity index (χ2n) is 8.73. The molecule has 0 saturated carbocycles. The molecule has 4 N–H and O–H groups in total. The van der Waals surface area contributed by atoms with Gasteiger partial charge < -0.3 is 25.4 Å². The van der Waals surface area contributed by atoms with E-state index in [-0.39, 0.29) is 0 Å². The highest BCUT2D eigenvalue weighted by molar-refractivity contribution is 5.73. The Morgan fingerprint density at radius 3 is 1.63 bits per heavy atom. The zero-order valence-corrected chi connectivity index (χ0v) is 21.3. The minimum Gasteiger partial charge on any atom is -0.475 e. The molecule has 0 aliphatic carbocycles. The van der Waals surface area contributed by atoms with Crippen LogP contribution in [-0.4, -0.2) is 101 Å². The molecule has 1 aromatic heterocycles. The van der Waals surface area contributed by atoms with Crippen LogP contribution < -0.4 is 5.32 Å². The molecular weight excluding hydrogens is 589 g/mol. The molecule has 1 atom stereocenters. The van der Waals surface area contributed by atoms with Crippen molar-refractivity contribution in [1.82, 2.24) is 15.2 Å². The second-order valence-corrected chi connectivity index (χ2v) is 8.73. The van der Waals surface area contributed by atoms with Gasteiger partial charge in [-0.05, 0) is 55.5 Å². The van der Waals surface area contributed by atoms with Gasteiger partial charge in [0, 0.05) is 38.6 Å². The van der Waals surface area contributed by atoms with Crippen molar-refractivity contribution in [3.05, 3.63) is 30.1 Å². The fourth-order valence-electron chi connectivity index (χ4n) is 3.84. The predicted octanol–water partition coefficient (Wildman–Crippen LogP) is 3.57. The highest BCUT2D eigenvalue weighted by Crippen LogP contribution is 2.42. The lowest BCUT2D eigenvalue weighted by atomic mass is 9.77.